The number of hydrogen-bond donors (Lipinski definition) is 1. The Morgan fingerprint density at radius 3 is 2.93 bits per heavy atom. The Kier molecular flexibility index (Phi) is 2.77. The van der Waals surface area contributed by atoms with Crippen LogP contribution in [0.2, 0.25) is 10.0 Å². The maximum absolute atomic E-state index is 10.7. The molecule has 1 aromatic carbocycles. The van der Waals surface area contributed by atoms with E-state index in [0.717, 1.165) is 30.6 Å². The fourth-order valence-corrected chi connectivity index (χ4v) is 2.38. The summed E-state index contributed by atoms with van der Waals surface area (Å²) in [6.45, 7) is 1.67. The molecule has 0 amide bonds. The zero-order chi connectivity index (χ0) is 10.1. The predicted octanol–water partition coefficient (Wildman–Crippen LogP) is 2.45. The monoisotopic (exact) mass is 229 g/mol. The van der Waals surface area contributed by atoms with Gasteiger partial charge in [-0.3, -0.25) is 4.79 Å². The van der Waals surface area contributed by atoms with Gasteiger partial charge < -0.3 is 5.32 Å². The summed E-state index contributed by atoms with van der Waals surface area (Å²) in [6.07, 6.45) is 1.57. The molecule has 0 atom stereocenters. The Balaban J connectivity index is 2.63. The number of carbonyl (C=O) groups is 1. The highest BCUT2D eigenvalue weighted by Crippen LogP contribution is 2.31. The van der Waals surface area contributed by atoms with Crippen LogP contribution >= 0.6 is 23.2 Å². The van der Waals surface area contributed by atoms with Gasteiger partial charge in [0.2, 0.25) is 0 Å². The molecule has 74 valence electrons. The standard InChI is InChI=1S/C10H9Cl2NO/c11-9-3-6-4-13-2-1-7(6)10(12)8(9)5-14/h3,5,13H,1-2,4H2. The molecule has 0 unspecified atom stereocenters. The highest BCUT2D eigenvalue weighted by Gasteiger charge is 2.17. The molecule has 1 heterocycles. The third kappa shape index (κ3) is 1.54. The Labute approximate surface area is 92.2 Å². The van der Waals surface area contributed by atoms with Crippen LogP contribution < -0.4 is 5.32 Å². The molecular formula is C10H9Cl2NO. The fourth-order valence-electron chi connectivity index (χ4n) is 1.70. The zero-order valence-electron chi connectivity index (χ0n) is 7.44. The second-order valence-electron chi connectivity index (χ2n) is 3.27. The van der Waals surface area contributed by atoms with Gasteiger partial charge >= 0.3 is 0 Å². The SMILES string of the molecule is O=Cc1c(Cl)cc2c(c1Cl)CCNC2. The van der Waals surface area contributed by atoms with Crippen molar-refractivity contribution in [3.8, 4) is 0 Å². The quantitative estimate of drug-likeness (QED) is 0.750. The second-order valence-corrected chi connectivity index (χ2v) is 4.05. The van der Waals surface area contributed by atoms with E-state index in [9.17, 15) is 4.79 Å². The van der Waals surface area contributed by atoms with Crippen LogP contribution in [0, 0.1) is 0 Å². The van der Waals surface area contributed by atoms with Gasteiger partial charge in [0.1, 0.15) is 0 Å². The van der Waals surface area contributed by atoms with Gasteiger partial charge in [-0.25, -0.2) is 0 Å². The Bertz CT molecular complexity index is 390. The molecular weight excluding hydrogens is 221 g/mol. The topological polar surface area (TPSA) is 29.1 Å². The first-order valence-electron chi connectivity index (χ1n) is 4.39. The lowest BCUT2D eigenvalue weighted by Gasteiger charge is -2.19. The van der Waals surface area contributed by atoms with E-state index in [4.69, 9.17) is 23.2 Å². The van der Waals surface area contributed by atoms with Crippen molar-refractivity contribution >= 4 is 29.5 Å². The maximum Gasteiger partial charge on any atom is 0.153 e. The maximum atomic E-state index is 10.7. The highest BCUT2D eigenvalue weighted by molar-refractivity contribution is 6.39. The Hall–Kier alpha value is -0.570. The summed E-state index contributed by atoms with van der Waals surface area (Å²) in [5.41, 5.74) is 2.56. The molecule has 0 saturated heterocycles. The van der Waals surface area contributed by atoms with Gasteiger partial charge in [0.15, 0.2) is 6.29 Å². The number of aldehydes is 1. The molecule has 1 aliphatic rings. The number of hydrogen-bond acceptors (Lipinski definition) is 2. The van der Waals surface area contributed by atoms with Crippen molar-refractivity contribution in [3.05, 3.63) is 32.8 Å². The molecule has 0 aliphatic carbocycles. The van der Waals surface area contributed by atoms with E-state index in [0.29, 0.717) is 21.9 Å². The van der Waals surface area contributed by atoms with Crippen molar-refractivity contribution in [2.75, 3.05) is 6.54 Å². The van der Waals surface area contributed by atoms with Gasteiger partial charge in [0.25, 0.3) is 0 Å². The number of rotatable bonds is 1. The Morgan fingerprint density at radius 1 is 1.43 bits per heavy atom. The smallest absolute Gasteiger partial charge is 0.153 e. The summed E-state index contributed by atoms with van der Waals surface area (Å²) in [5.74, 6) is 0. The van der Waals surface area contributed by atoms with E-state index in [2.05, 4.69) is 5.32 Å². The van der Waals surface area contributed by atoms with Crippen molar-refractivity contribution < 1.29 is 4.79 Å². The zero-order valence-corrected chi connectivity index (χ0v) is 8.95. The largest absolute Gasteiger partial charge is 0.312 e. The summed E-state index contributed by atoms with van der Waals surface area (Å²) < 4.78 is 0. The van der Waals surface area contributed by atoms with Crippen molar-refractivity contribution in [3.63, 3.8) is 0 Å². The first kappa shape index (κ1) is 9.97. The van der Waals surface area contributed by atoms with Gasteiger partial charge in [0, 0.05) is 6.54 Å². The van der Waals surface area contributed by atoms with Gasteiger partial charge in [-0.15, -0.1) is 0 Å². The van der Waals surface area contributed by atoms with E-state index in [1.54, 1.807) is 0 Å². The number of nitrogens with one attached hydrogen (secondary N) is 1. The lowest BCUT2D eigenvalue weighted by Crippen LogP contribution is -2.24. The van der Waals surface area contributed by atoms with Crippen molar-refractivity contribution in [2.45, 2.75) is 13.0 Å². The molecule has 0 fully saturated rings. The van der Waals surface area contributed by atoms with Gasteiger partial charge in [-0.2, -0.15) is 0 Å². The second kappa shape index (κ2) is 3.89. The van der Waals surface area contributed by atoms with Crippen LogP contribution in [-0.4, -0.2) is 12.8 Å². The Morgan fingerprint density at radius 2 is 2.21 bits per heavy atom. The number of halogens is 2. The summed E-state index contributed by atoms with van der Waals surface area (Å²) in [6, 6.07) is 1.82. The molecule has 0 aromatic heterocycles. The van der Waals surface area contributed by atoms with E-state index in [1.807, 2.05) is 6.07 Å². The third-order valence-corrected chi connectivity index (χ3v) is 3.18. The lowest BCUT2D eigenvalue weighted by atomic mass is 9.98. The van der Waals surface area contributed by atoms with Crippen molar-refractivity contribution in [1.29, 1.82) is 0 Å². The number of benzene rings is 1. The van der Waals surface area contributed by atoms with Crippen molar-refractivity contribution in [2.24, 2.45) is 0 Å². The predicted molar refractivity (Wildman–Crippen MR) is 57.3 cm³/mol. The molecule has 1 N–H and O–H groups in total. The van der Waals surface area contributed by atoms with Crippen LogP contribution in [0.4, 0.5) is 0 Å². The molecule has 0 spiro atoms. The lowest BCUT2D eigenvalue weighted by molar-refractivity contribution is 0.112. The van der Waals surface area contributed by atoms with E-state index in [-0.39, 0.29) is 0 Å². The van der Waals surface area contributed by atoms with Gasteiger partial charge in [-0.1, -0.05) is 23.2 Å². The molecule has 4 heteroatoms. The molecule has 2 rings (SSSR count). The highest BCUT2D eigenvalue weighted by atomic mass is 35.5. The minimum absolute atomic E-state index is 0.411. The van der Waals surface area contributed by atoms with E-state index < -0.39 is 0 Å². The molecule has 1 aromatic rings. The van der Waals surface area contributed by atoms with Crippen LogP contribution in [0.25, 0.3) is 0 Å². The fraction of sp³-hybridized carbons (Fsp3) is 0.300. The first-order valence-corrected chi connectivity index (χ1v) is 5.15. The average molecular weight is 230 g/mol. The minimum atomic E-state index is 0.411. The molecule has 0 saturated carbocycles. The van der Waals surface area contributed by atoms with Crippen LogP contribution in [0.3, 0.4) is 0 Å². The normalized spacial score (nSPS) is 15.0. The van der Waals surface area contributed by atoms with Crippen LogP contribution in [0.1, 0.15) is 21.5 Å². The average Bonchev–Trinajstić information content (AvgIpc) is 2.18. The summed E-state index contributed by atoms with van der Waals surface area (Å²) in [5, 5.41) is 4.18. The van der Waals surface area contributed by atoms with E-state index >= 15 is 0 Å². The van der Waals surface area contributed by atoms with Crippen LogP contribution in [-0.2, 0) is 13.0 Å². The van der Waals surface area contributed by atoms with Crippen LogP contribution in [0.5, 0.6) is 0 Å². The summed E-state index contributed by atoms with van der Waals surface area (Å²) in [4.78, 5) is 10.7. The molecule has 2 nitrogen and oxygen atoms in total. The van der Waals surface area contributed by atoms with E-state index in [1.165, 1.54) is 0 Å². The van der Waals surface area contributed by atoms with Crippen molar-refractivity contribution in [1.82, 2.24) is 5.32 Å². The molecule has 0 bridgehead atoms. The van der Waals surface area contributed by atoms with Crippen LogP contribution in [0.15, 0.2) is 6.07 Å². The third-order valence-electron chi connectivity index (χ3n) is 2.43. The summed E-state index contributed by atoms with van der Waals surface area (Å²) in [7, 11) is 0. The van der Waals surface area contributed by atoms with Gasteiger partial charge in [-0.05, 0) is 30.2 Å². The molecule has 0 radical (unpaired) electrons. The molecule has 1 aliphatic heterocycles. The minimum Gasteiger partial charge on any atom is -0.312 e. The summed E-state index contributed by atoms with van der Waals surface area (Å²) >= 11 is 12.0. The first-order chi connectivity index (χ1) is 6.74. The number of carbonyl (C=O) groups excluding carboxylic acids is 1. The molecule has 14 heavy (non-hydrogen) atoms. The van der Waals surface area contributed by atoms with Gasteiger partial charge in [0.05, 0.1) is 15.6 Å². The number of fused-ring (bicyclic) bond motifs is 1.